The molecule has 3 rings (SSSR count). The van der Waals surface area contributed by atoms with Gasteiger partial charge in [-0.3, -0.25) is 9.59 Å². The van der Waals surface area contributed by atoms with Gasteiger partial charge in [-0.05, 0) is 19.1 Å². The third-order valence-corrected chi connectivity index (χ3v) is 3.86. The van der Waals surface area contributed by atoms with Crippen molar-refractivity contribution >= 4 is 23.3 Å². The Kier molecular flexibility index (Phi) is 3.47. The Labute approximate surface area is 122 Å². The van der Waals surface area contributed by atoms with Crippen LogP contribution in [0.25, 0.3) is 0 Å². The van der Waals surface area contributed by atoms with Crippen molar-refractivity contribution in [3.05, 3.63) is 29.8 Å². The lowest BCUT2D eigenvalue weighted by Gasteiger charge is -2.37. The van der Waals surface area contributed by atoms with Gasteiger partial charge in [0, 0.05) is 31.2 Å². The molecule has 2 heterocycles. The summed E-state index contributed by atoms with van der Waals surface area (Å²) < 4.78 is 0. The van der Waals surface area contributed by atoms with Crippen molar-refractivity contribution in [2.45, 2.75) is 13.0 Å². The molecule has 0 aromatic heterocycles. The Morgan fingerprint density at radius 3 is 2.90 bits per heavy atom. The lowest BCUT2D eigenvalue weighted by atomic mass is 9.91. The minimum absolute atomic E-state index is 0.239. The van der Waals surface area contributed by atoms with Gasteiger partial charge in [-0.2, -0.15) is 0 Å². The molecular formula is C15H17N3O3. The van der Waals surface area contributed by atoms with E-state index in [4.69, 9.17) is 0 Å². The number of aliphatic imine (C=N–C) groups is 1. The van der Waals surface area contributed by atoms with Crippen molar-refractivity contribution < 1.29 is 14.7 Å². The van der Waals surface area contributed by atoms with E-state index in [2.05, 4.69) is 10.3 Å². The Bertz CT molecular complexity index is 626. The molecule has 0 aliphatic carbocycles. The first-order chi connectivity index (χ1) is 10.1. The van der Waals surface area contributed by atoms with E-state index in [-0.39, 0.29) is 11.8 Å². The molecule has 2 atom stereocenters. The lowest BCUT2D eigenvalue weighted by Crippen LogP contribution is -2.55. The maximum absolute atomic E-state index is 12.5. The van der Waals surface area contributed by atoms with Crippen LogP contribution in [0.15, 0.2) is 29.3 Å². The zero-order valence-electron chi connectivity index (χ0n) is 11.7. The number of carbonyl (C=O) groups is 2. The lowest BCUT2D eigenvalue weighted by molar-refractivity contribution is -0.138. The van der Waals surface area contributed by atoms with Crippen molar-refractivity contribution in [2.75, 3.05) is 19.6 Å². The third kappa shape index (κ3) is 2.42. The molecule has 0 bridgehead atoms. The topological polar surface area (TPSA) is 82.0 Å². The highest BCUT2D eigenvalue weighted by molar-refractivity contribution is 6.26. The first-order valence-electron chi connectivity index (χ1n) is 7.01. The second-order valence-electron chi connectivity index (χ2n) is 5.42. The number of aliphatic carboxylic acids is 1. The fourth-order valence-corrected chi connectivity index (χ4v) is 2.86. The summed E-state index contributed by atoms with van der Waals surface area (Å²) in [5.41, 5.74) is 0.943. The summed E-state index contributed by atoms with van der Waals surface area (Å²) in [6.45, 7) is 4.09. The Balaban J connectivity index is 2.05. The SMILES string of the molecule is CC1CN(C2=Nc3ccccc3C(=O)C2C(=O)O)CCN1. The van der Waals surface area contributed by atoms with Gasteiger partial charge in [0.2, 0.25) is 0 Å². The summed E-state index contributed by atoms with van der Waals surface area (Å²) >= 11 is 0. The standard InChI is InChI=1S/C15H17N3O3/c1-9-8-18(7-6-16-9)14-12(15(20)21)13(19)10-4-2-3-5-11(10)17-14/h2-5,9,12,16H,6-8H2,1H3,(H,20,21). The second kappa shape index (κ2) is 5.29. The summed E-state index contributed by atoms with van der Waals surface area (Å²) in [6.07, 6.45) is 0. The molecule has 2 N–H and O–H groups in total. The quantitative estimate of drug-likeness (QED) is 0.750. The van der Waals surface area contributed by atoms with Gasteiger partial charge in [-0.1, -0.05) is 12.1 Å². The highest BCUT2D eigenvalue weighted by Crippen LogP contribution is 2.30. The van der Waals surface area contributed by atoms with Gasteiger partial charge >= 0.3 is 5.97 Å². The predicted octanol–water partition coefficient (Wildman–Crippen LogP) is 0.907. The van der Waals surface area contributed by atoms with Crippen LogP contribution in [-0.2, 0) is 4.79 Å². The number of amidine groups is 1. The van der Waals surface area contributed by atoms with E-state index in [1.54, 1.807) is 24.3 Å². The van der Waals surface area contributed by atoms with Crippen LogP contribution >= 0.6 is 0 Å². The summed E-state index contributed by atoms with van der Waals surface area (Å²) in [6, 6.07) is 7.14. The molecule has 2 unspecified atom stereocenters. The smallest absolute Gasteiger partial charge is 0.322 e. The molecule has 1 aromatic rings. The van der Waals surface area contributed by atoms with Gasteiger partial charge in [0.25, 0.3) is 0 Å². The third-order valence-electron chi connectivity index (χ3n) is 3.86. The van der Waals surface area contributed by atoms with Gasteiger partial charge in [0.15, 0.2) is 11.7 Å². The fraction of sp³-hybridized carbons (Fsp3) is 0.400. The number of benzene rings is 1. The molecule has 0 radical (unpaired) electrons. The number of nitrogens with zero attached hydrogens (tertiary/aromatic N) is 2. The summed E-state index contributed by atoms with van der Waals surface area (Å²) in [7, 11) is 0. The van der Waals surface area contributed by atoms with Crippen molar-refractivity contribution in [1.82, 2.24) is 10.2 Å². The van der Waals surface area contributed by atoms with E-state index >= 15 is 0 Å². The highest BCUT2D eigenvalue weighted by atomic mass is 16.4. The zero-order chi connectivity index (χ0) is 15.0. The summed E-state index contributed by atoms with van der Waals surface area (Å²) in [4.78, 5) is 30.4. The number of rotatable bonds is 1. The first-order valence-corrected chi connectivity index (χ1v) is 7.01. The van der Waals surface area contributed by atoms with Crippen LogP contribution in [0.5, 0.6) is 0 Å². The van der Waals surface area contributed by atoms with Crippen molar-refractivity contribution in [1.29, 1.82) is 0 Å². The molecule has 0 spiro atoms. The number of para-hydroxylation sites is 1. The van der Waals surface area contributed by atoms with Crippen LogP contribution in [0.3, 0.4) is 0 Å². The molecule has 0 amide bonds. The molecule has 1 saturated heterocycles. The Morgan fingerprint density at radius 2 is 2.19 bits per heavy atom. The monoisotopic (exact) mass is 287 g/mol. The normalized spacial score (nSPS) is 25.3. The molecular weight excluding hydrogens is 270 g/mol. The second-order valence-corrected chi connectivity index (χ2v) is 5.42. The van der Waals surface area contributed by atoms with Crippen LogP contribution in [0.1, 0.15) is 17.3 Å². The summed E-state index contributed by atoms with van der Waals surface area (Å²) in [5, 5.41) is 12.8. The van der Waals surface area contributed by atoms with E-state index < -0.39 is 11.9 Å². The van der Waals surface area contributed by atoms with Gasteiger partial charge in [-0.25, -0.2) is 4.99 Å². The number of carboxylic acids is 1. The maximum Gasteiger partial charge on any atom is 0.322 e. The predicted molar refractivity (Wildman–Crippen MR) is 78.0 cm³/mol. The number of Topliss-reactive ketones (excluding diaryl/α,β-unsaturated/α-hetero) is 1. The van der Waals surface area contributed by atoms with Gasteiger partial charge in [-0.15, -0.1) is 0 Å². The fourth-order valence-electron chi connectivity index (χ4n) is 2.86. The number of carboxylic acid groups (broad SMARTS) is 1. The van der Waals surface area contributed by atoms with Crippen molar-refractivity contribution in [3.8, 4) is 0 Å². The van der Waals surface area contributed by atoms with Crippen molar-refractivity contribution in [2.24, 2.45) is 10.9 Å². The van der Waals surface area contributed by atoms with Crippen LogP contribution in [0, 0.1) is 5.92 Å². The number of fused-ring (bicyclic) bond motifs is 1. The number of hydrogen-bond donors (Lipinski definition) is 2. The molecule has 6 nitrogen and oxygen atoms in total. The molecule has 21 heavy (non-hydrogen) atoms. The molecule has 2 aliphatic heterocycles. The zero-order valence-corrected chi connectivity index (χ0v) is 11.7. The minimum Gasteiger partial charge on any atom is -0.480 e. The van der Waals surface area contributed by atoms with Crippen LogP contribution < -0.4 is 5.32 Å². The van der Waals surface area contributed by atoms with E-state index in [0.29, 0.717) is 30.2 Å². The molecule has 1 aromatic carbocycles. The number of hydrogen-bond acceptors (Lipinski definition) is 5. The largest absolute Gasteiger partial charge is 0.480 e. The first kappa shape index (κ1) is 13.8. The average Bonchev–Trinajstić information content (AvgIpc) is 2.46. The van der Waals surface area contributed by atoms with Gasteiger partial charge < -0.3 is 15.3 Å². The summed E-state index contributed by atoms with van der Waals surface area (Å²) in [5.74, 6) is -2.36. The molecule has 2 aliphatic rings. The molecule has 6 heteroatoms. The average molecular weight is 287 g/mol. The molecule has 1 fully saturated rings. The highest BCUT2D eigenvalue weighted by Gasteiger charge is 2.40. The minimum atomic E-state index is -1.20. The van der Waals surface area contributed by atoms with E-state index in [1.165, 1.54) is 0 Å². The molecule has 0 saturated carbocycles. The van der Waals surface area contributed by atoms with Crippen LogP contribution in [-0.4, -0.2) is 53.3 Å². The van der Waals surface area contributed by atoms with E-state index in [9.17, 15) is 14.7 Å². The molecule has 110 valence electrons. The Morgan fingerprint density at radius 1 is 1.43 bits per heavy atom. The van der Waals surface area contributed by atoms with E-state index in [0.717, 1.165) is 6.54 Å². The van der Waals surface area contributed by atoms with Gasteiger partial charge in [0.05, 0.1) is 5.69 Å². The number of carbonyl (C=O) groups excluding carboxylic acids is 1. The van der Waals surface area contributed by atoms with E-state index in [1.807, 2.05) is 11.8 Å². The number of ketones is 1. The number of piperazine rings is 1. The van der Waals surface area contributed by atoms with Gasteiger partial charge in [0.1, 0.15) is 5.84 Å². The number of nitrogens with one attached hydrogen (secondary N) is 1. The Hall–Kier alpha value is -2.21. The maximum atomic E-state index is 12.5. The van der Waals surface area contributed by atoms with Crippen LogP contribution in [0.2, 0.25) is 0 Å². The van der Waals surface area contributed by atoms with Crippen LogP contribution in [0.4, 0.5) is 5.69 Å². The van der Waals surface area contributed by atoms with Crippen molar-refractivity contribution in [3.63, 3.8) is 0 Å².